The van der Waals surface area contributed by atoms with Gasteiger partial charge in [-0.15, -0.1) is 0 Å². The lowest BCUT2D eigenvalue weighted by Gasteiger charge is -2.21. The van der Waals surface area contributed by atoms with Crippen molar-refractivity contribution in [2.24, 2.45) is 5.92 Å². The van der Waals surface area contributed by atoms with Crippen LogP contribution in [0.1, 0.15) is 33.6 Å². The summed E-state index contributed by atoms with van der Waals surface area (Å²) in [7, 11) is 0. The van der Waals surface area contributed by atoms with Crippen molar-refractivity contribution in [3.8, 4) is 23.0 Å². The summed E-state index contributed by atoms with van der Waals surface area (Å²) in [6.07, 6.45) is 2.35. The van der Waals surface area contributed by atoms with Crippen LogP contribution in [-0.2, 0) is 0 Å². The second-order valence-electron chi connectivity index (χ2n) is 13.3. The molecule has 0 unspecified atom stereocenters. The summed E-state index contributed by atoms with van der Waals surface area (Å²) in [5, 5.41) is 11.9. The first-order chi connectivity index (χ1) is 25.7. The van der Waals surface area contributed by atoms with Gasteiger partial charge in [0.2, 0.25) is 23.8 Å². The number of hydrogen-bond acceptors (Lipinski definition) is 14. The summed E-state index contributed by atoms with van der Waals surface area (Å²) >= 11 is 0. The van der Waals surface area contributed by atoms with Gasteiger partial charge in [-0.2, -0.15) is 29.9 Å². The van der Waals surface area contributed by atoms with Gasteiger partial charge in [-0.3, -0.25) is 0 Å². The van der Waals surface area contributed by atoms with E-state index in [0.29, 0.717) is 40.7 Å². The van der Waals surface area contributed by atoms with E-state index in [4.69, 9.17) is 11.5 Å². The lowest BCUT2D eigenvalue weighted by atomic mass is 10.1. The van der Waals surface area contributed by atoms with Crippen LogP contribution in [-0.4, -0.2) is 52.0 Å². The van der Waals surface area contributed by atoms with Crippen LogP contribution in [0, 0.1) is 29.2 Å². The SMILES string of the molecule is CC(C)(C)Nc1nc(Nc2cc(F)cc(F)c2)nc(-c2cccc(N)n2)n1.Nc1cccc(-c2nc(NCC3CC3)nc(Nc3cc(F)cc(F)c3)n2)n1. The molecule has 0 radical (unpaired) electrons. The van der Waals surface area contributed by atoms with Crippen molar-refractivity contribution in [2.75, 3.05) is 39.3 Å². The third-order valence-electron chi connectivity index (χ3n) is 7.24. The Morgan fingerprint density at radius 1 is 0.574 bits per heavy atom. The number of aromatic nitrogens is 8. The molecule has 54 heavy (non-hydrogen) atoms. The lowest BCUT2D eigenvalue weighted by molar-refractivity contribution is 0.583. The van der Waals surface area contributed by atoms with E-state index < -0.39 is 23.3 Å². The van der Waals surface area contributed by atoms with Crippen LogP contribution in [0.25, 0.3) is 23.0 Å². The first kappa shape index (κ1) is 37.1. The number of hydrogen-bond donors (Lipinski definition) is 6. The molecule has 0 spiro atoms. The summed E-state index contributed by atoms with van der Waals surface area (Å²) in [5.41, 5.74) is 12.4. The van der Waals surface area contributed by atoms with E-state index >= 15 is 0 Å². The number of benzene rings is 2. The van der Waals surface area contributed by atoms with Crippen molar-refractivity contribution < 1.29 is 17.6 Å². The van der Waals surface area contributed by atoms with Crippen molar-refractivity contribution in [3.05, 3.63) is 96.1 Å². The maximum absolute atomic E-state index is 13.5. The molecule has 4 heterocycles. The fourth-order valence-corrected chi connectivity index (χ4v) is 4.78. The van der Waals surface area contributed by atoms with Crippen LogP contribution in [0.2, 0.25) is 0 Å². The number of nitrogens with one attached hydrogen (secondary N) is 4. The lowest BCUT2D eigenvalue weighted by Crippen LogP contribution is -2.27. The van der Waals surface area contributed by atoms with Crippen LogP contribution in [0.4, 0.5) is 64.4 Å². The Bertz CT molecular complexity index is 2220. The Balaban J connectivity index is 0.000000184. The number of nitrogens with two attached hydrogens (primary N) is 2. The number of rotatable bonds is 10. The summed E-state index contributed by atoms with van der Waals surface area (Å²) in [6, 6.07) is 16.4. The maximum atomic E-state index is 13.5. The number of pyridine rings is 2. The number of nitrogens with zero attached hydrogens (tertiary/aromatic N) is 8. The fraction of sp³-hybridized carbons (Fsp3) is 0.222. The number of anilines is 8. The molecule has 278 valence electrons. The average Bonchev–Trinajstić information content (AvgIpc) is 3.91. The molecule has 0 amide bonds. The average molecular weight is 741 g/mol. The van der Waals surface area contributed by atoms with Gasteiger partial charge in [0.05, 0.1) is 0 Å². The molecule has 18 heteroatoms. The standard InChI is InChI=1S/C18H17F2N7.C18H19F2N7/c19-11-6-12(20)8-13(7-11)23-18-26-16(14-2-1-3-15(21)24-14)25-17(27-18)22-9-10-4-5-10;1-18(2,3)27-17-25-15(13-5-4-6-14(21)23-13)24-16(26-17)22-12-8-10(19)7-11(20)9-12/h1-3,6-8,10H,4-5,9H2,(H2,21,24)(H2,22,23,25,26,27);4-9H,1-3H3,(H2,21,23)(H2,22,24,25,26,27). The molecule has 0 bridgehead atoms. The largest absolute Gasteiger partial charge is 0.384 e. The zero-order chi connectivity index (χ0) is 38.4. The summed E-state index contributed by atoms with van der Waals surface area (Å²) in [4.78, 5) is 34.3. The molecule has 6 aromatic rings. The smallest absolute Gasteiger partial charge is 0.232 e. The zero-order valence-electron chi connectivity index (χ0n) is 29.4. The molecule has 1 aliphatic carbocycles. The molecule has 1 fully saturated rings. The van der Waals surface area contributed by atoms with Crippen molar-refractivity contribution in [1.82, 2.24) is 39.9 Å². The predicted molar refractivity (Wildman–Crippen MR) is 199 cm³/mol. The zero-order valence-corrected chi connectivity index (χ0v) is 29.4. The van der Waals surface area contributed by atoms with Crippen LogP contribution in [0.15, 0.2) is 72.8 Å². The van der Waals surface area contributed by atoms with Gasteiger partial charge in [0.15, 0.2) is 11.6 Å². The minimum atomic E-state index is -0.711. The highest BCUT2D eigenvalue weighted by molar-refractivity contribution is 5.61. The Labute approximate surface area is 307 Å². The fourth-order valence-electron chi connectivity index (χ4n) is 4.78. The van der Waals surface area contributed by atoms with Crippen molar-refractivity contribution in [1.29, 1.82) is 0 Å². The van der Waals surface area contributed by atoms with Gasteiger partial charge in [0.1, 0.15) is 46.3 Å². The van der Waals surface area contributed by atoms with Crippen molar-refractivity contribution in [3.63, 3.8) is 0 Å². The Morgan fingerprint density at radius 2 is 1.00 bits per heavy atom. The van der Waals surface area contributed by atoms with E-state index in [-0.39, 0.29) is 40.6 Å². The second-order valence-corrected chi connectivity index (χ2v) is 13.3. The molecule has 4 aromatic heterocycles. The molecule has 2 aromatic carbocycles. The van der Waals surface area contributed by atoms with Crippen LogP contribution < -0.4 is 32.7 Å². The molecule has 0 saturated heterocycles. The van der Waals surface area contributed by atoms with Crippen LogP contribution >= 0.6 is 0 Å². The van der Waals surface area contributed by atoms with Gasteiger partial charge >= 0.3 is 0 Å². The van der Waals surface area contributed by atoms with Gasteiger partial charge in [-0.1, -0.05) is 12.1 Å². The molecular formula is C36H36F4N14. The van der Waals surface area contributed by atoms with Gasteiger partial charge in [-0.05, 0) is 88.1 Å². The first-order valence-electron chi connectivity index (χ1n) is 16.7. The van der Waals surface area contributed by atoms with E-state index in [1.165, 1.54) is 12.8 Å². The van der Waals surface area contributed by atoms with Crippen LogP contribution in [0.3, 0.4) is 0 Å². The second kappa shape index (κ2) is 15.9. The summed E-state index contributed by atoms with van der Waals surface area (Å²) < 4.78 is 53.8. The Hall–Kier alpha value is -6.72. The van der Waals surface area contributed by atoms with Gasteiger partial charge < -0.3 is 32.7 Å². The molecule has 1 saturated carbocycles. The highest BCUT2D eigenvalue weighted by Crippen LogP contribution is 2.29. The molecule has 7 rings (SSSR count). The molecule has 1 aliphatic rings. The van der Waals surface area contributed by atoms with E-state index in [0.717, 1.165) is 42.9 Å². The maximum Gasteiger partial charge on any atom is 0.232 e. The van der Waals surface area contributed by atoms with E-state index in [1.807, 2.05) is 20.8 Å². The Morgan fingerprint density at radius 3 is 1.43 bits per heavy atom. The third-order valence-corrected chi connectivity index (χ3v) is 7.24. The predicted octanol–water partition coefficient (Wildman–Crippen LogP) is 7.11. The van der Waals surface area contributed by atoms with E-state index in [1.54, 1.807) is 36.4 Å². The van der Waals surface area contributed by atoms with Crippen LogP contribution in [0.5, 0.6) is 0 Å². The third kappa shape index (κ3) is 10.9. The Kier molecular flexibility index (Phi) is 10.9. The molecule has 14 nitrogen and oxygen atoms in total. The highest BCUT2D eigenvalue weighted by atomic mass is 19.1. The minimum Gasteiger partial charge on any atom is -0.384 e. The summed E-state index contributed by atoms with van der Waals surface area (Å²) in [5.74, 6) is -0.0765. The number of nitrogen functional groups attached to an aromatic ring is 2. The van der Waals surface area contributed by atoms with E-state index in [2.05, 4.69) is 61.1 Å². The summed E-state index contributed by atoms with van der Waals surface area (Å²) in [6.45, 7) is 6.60. The normalized spacial score (nSPS) is 12.4. The van der Waals surface area contributed by atoms with Gasteiger partial charge in [-0.25, -0.2) is 27.5 Å². The quantitative estimate of drug-likeness (QED) is 0.0776. The van der Waals surface area contributed by atoms with Crippen molar-refractivity contribution in [2.45, 2.75) is 39.2 Å². The molecular weight excluding hydrogens is 704 g/mol. The monoisotopic (exact) mass is 740 g/mol. The topological polar surface area (TPSA) is 203 Å². The van der Waals surface area contributed by atoms with Crippen molar-refractivity contribution >= 4 is 46.8 Å². The first-order valence-corrected chi connectivity index (χ1v) is 16.7. The van der Waals surface area contributed by atoms with Gasteiger partial charge in [0, 0.05) is 35.6 Å². The molecule has 0 atom stereocenters. The number of halogens is 4. The highest BCUT2D eigenvalue weighted by Gasteiger charge is 2.22. The molecule has 0 aliphatic heterocycles. The van der Waals surface area contributed by atoms with Gasteiger partial charge in [0.25, 0.3) is 0 Å². The van der Waals surface area contributed by atoms with E-state index in [9.17, 15) is 17.6 Å². The molecule has 8 N–H and O–H groups in total. The minimum absolute atomic E-state index is 0.112.